The molecule has 4 aliphatic rings. The largest absolute Gasteiger partial charge is 0.416 e. The summed E-state index contributed by atoms with van der Waals surface area (Å²) in [5.74, 6) is -11.4. The predicted octanol–water partition coefficient (Wildman–Crippen LogP) is 17.5. The van der Waals surface area contributed by atoms with Crippen LogP contribution in [0, 0.1) is 37.1 Å². The molecule has 2 unspecified atom stereocenters. The average molecular weight is 1540 g/mol. The number of ether oxygens (including phenoxy) is 2. The molecule has 106 heavy (non-hydrogen) atoms. The number of carbonyl (C=O) groups excluding carboxylic acids is 2. The third-order valence-corrected chi connectivity index (χ3v) is 17.3. The van der Waals surface area contributed by atoms with Crippen LogP contribution in [0.2, 0.25) is 0 Å². The summed E-state index contributed by atoms with van der Waals surface area (Å²) in [6.45, 7) is -34.9. The number of hydrogen-bond donors (Lipinski definition) is 2. The van der Waals surface area contributed by atoms with Crippen LogP contribution in [0.5, 0.6) is 0 Å². The molecule has 0 aliphatic carbocycles. The van der Waals surface area contributed by atoms with E-state index >= 15 is 18.4 Å². The number of aliphatic hydroxyl groups excluding tert-OH is 2. The first kappa shape index (κ1) is 44.1. The Balaban J connectivity index is 0.000000271. The van der Waals surface area contributed by atoms with Crippen LogP contribution in [-0.2, 0) is 56.0 Å². The maximum Gasteiger partial charge on any atom is 0.416 e. The molecule has 12 rings (SSSR count). The van der Waals surface area contributed by atoms with Gasteiger partial charge in [-0.25, -0.2) is 17.6 Å². The lowest BCUT2D eigenvalue weighted by Gasteiger charge is -2.40. The highest BCUT2D eigenvalue weighted by Crippen LogP contribution is 2.44. The molecular weight excluding hydrogens is 1420 g/mol. The second kappa shape index (κ2) is 35.5. The number of thioether (sulfide) groups is 2. The molecule has 0 aromatic heterocycles. The maximum atomic E-state index is 15.7. The zero-order valence-corrected chi connectivity index (χ0v) is 57.3. The molecule has 2 saturated heterocycles. The van der Waals surface area contributed by atoms with Gasteiger partial charge in [-0.3, -0.25) is 9.59 Å². The molecule has 12 nitrogen and oxygen atoms in total. The first-order valence-electron chi connectivity index (χ1n) is 49.3. The minimum Gasteiger partial charge on any atom is -0.384 e. The standard InChI is InChI=1S/2C41H42F5N3O3S/c2*1-27-6-15-36-34(22-27)37(50)23-39(53-26-31-4-3-5-35(42)40(31)43)49(36)25-38(51)48(33-16-18-47(19-17-33)20-21-52-2)24-28-7-9-29(10-8-28)30-11-13-32(14-12-30)41(44,45)46/h2*3-15,22-23,33,37,50H,16-21,24-26H2,1-2H3/i6D,15D,16D2,17D2,18D2,19D2,20D2,22D,23D,25D2,26D2,33D;6D,15D,16D2,17D2,18D2,19D2,20D2,22D,23D,25D2,33D. The molecule has 0 bridgehead atoms. The second-order valence-corrected chi connectivity index (χ2v) is 24.5. The van der Waals surface area contributed by atoms with Crippen LogP contribution in [0.4, 0.5) is 55.3 Å². The number of fused-ring (bicyclic) bond motifs is 2. The lowest BCUT2D eigenvalue weighted by atomic mass is 9.99. The van der Waals surface area contributed by atoms with E-state index in [1.54, 1.807) is 0 Å². The van der Waals surface area contributed by atoms with E-state index in [0.29, 0.717) is 6.07 Å². The van der Waals surface area contributed by atoms with Gasteiger partial charge in [-0.05, 0) is 133 Å². The number of carbonyl (C=O) groups is 2. The molecule has 4 heterocycles. The summed E-state index contributed by atoms with van der Waals surface area (Å²) in [5.41, 5.74) is -10.8. The van der Waals surface area contributed by atoms with Crippen LogP contribution in [0.1, 0.15) is 143 Å². The van der Waals surface area contributed by atoms with E-state index < -0.39 is 300 Å². The molecule has 8 aromatic rings. The summed E-state index contributed by atoms with van der Waals surface area (Å²) < 4.78 is 476. The first-order chi connectivity index (χ1) is 64.7. The number of rotatable bonds is 24. The van der Waals surface area contributed by atoms with Crippen molar-refractivity contribution in [3.63, 3.8) is 0 Å². The summed E-state index contributed by atoms with van der Waals surface area (Å²) in [4.78, 5) is 30.0. The number of nitrogens with zero attached hydrogens (tertiary/aromatic N) is 6. The van der Waals surface area contributed by atoms with Crippen LogP contribution in [0.25, 0.3) is 22.3 Å². The van der Waals surface area contributed by atoms with E-state index in [0.717, 1.165) is 124 Å². The fourth-order valence-corrected chi connectivity index (χ4v) is 11.8. The number of amides is 2. The van der Waals surface area contributed by atoms with Gasteiger partial charge < -0.3 is 49.1 Å². The number of anilines is 2. The lowest BCUT2D eigenvalue weighted by molar-refractivity contribution is -0.138. The number of likely N-dealkylation sites (tertiary alicyclic amines) is 2. The normalized spacial score (nSPS) is 26.9. The minimum absolute atomic E-state index is 0.0257. The van der Waals surface area contributed by atoms with E-state index in [2.05, 4.69) is 0 Å². The van der Waals surface area contributed by atoms with Crippen molar-refractivity contribution in [1.82, 2.24) is 19.6 Å². The van der Waals surface area contributed by atoms with Gasteiger partial charge in [0.1, 0.15) is 25.2 Å². The van der Waals surface area contributed by atoms with Gasteiger partial charge >= 0.3 is 12.4 Å². The highest BCUT2D eigenvalue weighted by Gasteiger charge is 2.37. The van der Waals surface area contributed by atoms with E-state index in [-0.39, 0.29) is 87.6 Å². The molecule has 0 radical (unpaired) electrons. The van der Waals surface area contributed by atoms with Crippen molar-refractivity contribution in [2.75, 3.05) is 89.2 Å². The van der Waals surface area contributed by atoms with E-state index in [1.165, 1.54) is 31.2 Å². The summed E-state index contributed by atoms with van der Waals surface area (Å²) in [6, 6.07) is 5.78. The molecule has 2 fully saturated rings. The highest BCUT2D eigenvalue weighted by atomic mass is 32.2. The Hall–Kier alpha value is -8.46. The van der Waals surface area contributed by atoms with Crippen molar-refractivity contribution < 1.29 is 123 Å². The number of benzene rings is 8. The van der Waals surface area contributed by atoms with Gasteiger partial charge in [-0.1, -0.05) is 132 Å². The van der Waals surface area contributed by atoms with Gasteiger partial charge in [0.2, 0.25) is 11.8 Å². The van der Waals surface area contributed by atoms with Gasteiger partial charge in [-0.2, -0.15) is 26.3 Å². The summed E-state index contributed by atoms with van der Waals surface area (Å²) in [7, 11) is 1.82. The van der Waals surface area contributed by atoms with Gasteiger partial charge in [0.05, 0.1) is 53.6 Å². The zero-order valence-electron chi connectivity index (χ0n) is 91.7. The number of halogens is 10. The molecule has 24 heteroatoms. The Morgan fingerprint density at radius 1 is 0.547 bits per heavy atom. The smallest absolute Gasteiger partial charge is 0.384 e. The third kappa shape index (κ3) is 19.8. The SMILES string of the molecule is [2H]C1=C(SC([2H])([2H])c2cccc(F)c2F)N(C([2H])([2H])C(=O)N(Cc2ccc(-c3ccc(C(F)(F)F)cc3)cc2)C2([2H])C([2H])([2H])C([2H])([2H])N(C([2H])([2H])COC)C([2H])([2H])C2([2H])[2H])c2c([2H])c([2H])c(C)c([2H])c2C1O.[2H]C1=C(SCc2cccc(F)c2F)N(C([2H])([2H])C(=O)N(Cc2ccc(-c3ccc(C(F)(F)F)cc3)cc2)C2([2H])C([2H])([2H])C([2H])([2H])N(C([2H])([2H])COC)C([2H])([2H])C2([2H])[2H])c2c([2H])c([2H])c(C)c([2H])c2C1O. The van der Waals surface area contributed by atoms with Crippen LogP contribution >= 0.6 is 23.5 Å². The Labute approximate surface area is 670 Å². The topological polar surface area (TPSA) is 113 Å². The maximum absolute atomic E-state index is 15.7. The molecular formula is C82H84F10N6O6S2. The van der Waals surface area contributed by atoms with Crippen molar-refractivity contribution in [2.45, 2.75) is 100 Å². The monoisotopic (exact) mass is 1540 g/mol. The summed E-state index contributed by atoms with van der Waals surface area (Å²) in [5, 5.41) is 21.0. The van der Waals surface area contributed by atoms with Gasteiger partial charge in [-0.15, -0.1) is 23.5 Å². The third-order valence-electron chi connectivity index (χ3n) is 15.4. The minimum atomic E-state index is -4.70. The fourth-order valence-electron chi connectivity index (χ4n) is 10.1. The molecule has 0 saturated carbocycles. The Kier molecular flexibility index (Phi) is 14.8. The van der Waals surface area contributed by atoms with E-state index in [9.17, 15) is 64.5 Å². The molecule has 2 amide bonds. The fraction of sp³-hybridized carbons (Fsp3) is 0.341. The van der Waals surface area contributed by atoms with Crippen molar-refractivity contribution in [1.29, 1.82) is 0 Å². The number of piperidine rings is 2. The van der Waals surface area contributed by atoms with Crippen LogP contribution in [-0.4, -0.2) is 133 Å². The van der Waals surface area contributed by atoms with Crippen molar-refractivity contribution in [2.24, 2.45) is 0 Å². The lowest BCUT2D eigenvalue weighted by Crippen LogP contribution is -2.50. The van der Waals surface area contributed by atoms with E-state index in [4.69, 9.17) is 39.6 Å². The molecule has 8 aromatic carbocycles. The number of aliphatic hydroxyl groups is 2. The van der Waals surface area contributed by atoms with Gasteiger partial charge in [0, 0.05) is 154 Å². The highest BCUT2D eigenvalue weighted by molar-refractivity contribution is 8.02. The van der Waals surface area contributed by atoms with Crippen LogP contribution < -0.4 is 9.80 Å². The van der Waals surface area contributed by atoms with Crippen molar-refractivity contribution >= 4 is 46.7 Å². The second-order valence-electron chi connectivity index (χ2n) is 22.8. The average Bonchev–Trinajstić information content (AvgIpc) is 0.659. The molecule has 2 atom stereocenters. The van der Waals surface area contributed by atoms with Gasteiger partial charge in [0.25, 0.3) is 0 Å². The number of methoxy groups -OCH3 is 2. The molecule has 0 spiro atoms. The first-order valence-corrected chi connectivity index (χ1v) is 33.1. The predicted molar refractivity (Wildman–Crippen MR) is 396 cm³/mol. The van der Waals surface area contributed by atoms with Crippen LogP contribution in [0.3, 0.4) is 0 Å². The number of hydrogen-bond acceptors (Lipinski definition) is 12. The number of alkyl halides is 6. The van der Waals surface area contributed by atoms with E-state index in [1.807, 2.05) is 0 Å². The van der Waals surface area contributed by atoms with Crippen molar-refractivity contribution in [3.05, 3.63) is 271 Å². The molecule has 2 N–H and O–H groups in total. The Morgan fingerprint density at radius 3 is 1.30 bits per heavy atom. The molecule has 560 valence electrons. The quantitative estimate of drug-likeness (QED) is 0.0562. The van der Waals surface area contributed by atoms with Gasteiger partial charge in [0.15, 0.2) is 23.3 Å². The molecule has 4 aliphatic heterocycles. The summed E-state index contributed by atoms with van der Waals surface area (Å²) >= 11 is -0.0777. The van der Waals surface area contributed by atoms with Crippen LogP contribution in [0.15, 0.2) is 192 Å². The van der Waals surface area contributed by atoms with Crippen molar-refractivity contribution in [3.8, 4) is 22.3 Å². The Bertz CT molecular complexity index is 6240. The Morgan fingerprint density at radius 2 is 0.915 bits per heavy atom. The zero-order chi connectivity index (χ0) is 108. The summed E-state index contributed by atoms with van der Waals surface area (Å²) in [6.07, 6.45) is -31.5.